The van der Waals surface area contributed by atoms with Gasteiger partial charge in [0.25, 0.3) is 0 Å². The predicted octanol–water partition coefficient (Wildman–Crippen LogP) is 8.91. The van der Waals surface area contributed by atoms with E-state index < -0.39 is 40.3 Å². The highest BCUT2D eigenvalue weighted by molar-refractivity contribution is 6.66. The third kappa shape index (κ3) is 18.7. The van der Waals surface area contributed by atoms with Crippen LogP contribution in [0.4, 0.5) is 95.6 Å². The first kappa shape index (κ1) is 66.9. The average Bonchev–Trinajstić information content (AvgIpc) is 3.45. The molecule has 2 heterocycles. The van der Waals surface area contributed by atoms with Crippen LogP contribution in [-0.2, 0) is 20.8 Å². The second-order valence-corrected chi connectivity index (χ2v) is 19.2. The van der Waals surface area contributed by atoms with Gasteiger partial charge in [-0.25, -0.2) is 19.9 Å². The standard InChI is InChI=1S/C27H33F3N8O3.C24H31F3N8O2.C3H3ClO/c1-7-23(39)33-19-14-20(22(41-6)15-21(19)38(5)13-12-37(3)4)35-25-32-16-31-24(36-25)34-18-11-9-8-10-17(18)26(2,40)27(28,29)30;1-23(36,24(25,26)27)15-8-6-7-9-17(15)31-21-29-14-30-22(33-21)32-18-12-16(28)19(13-20(18)37-5)35(4)11-10-34(2)3;1-2-3(4)5/h7-11,14-16,40H,1,12-13H2,2-6H3,(H,33,39)(H2,31,32,34,35,36);6-9,12-14,36H,10-11,28H2,1-5H3,(H2,29,30,31,32,33);2H,1H2. The maximum atomic E-state index is 13.5. The number of para-hydroxylation sites is 2. The molecular weight excluding hydrogens is 1120 g/mol. The molecule has 2 atom stereocenters. The molecule has 0 bridgehead atoms. The largest absolute Gasteiger partial charge is 0.494 e. The summed E-state index contributed by atoms with van der Waals surface area (Å²) in [5, 5.41) is 34.2. The number of benzene rings is 4. The lowest BCUT2D eigenvalue weighted by Gasteiger charge is -2.28. The minimum atomic E-state index is -4.92. The molecule has 0 aliphatic rings. The molecular formula is C54H67ClF6N16O6. The van der Waals surface area contributed by atoms with E-state index in [9.17, 15) is 46.1 Å². The third-order valence-electron chi connectivity index (χ3n) is 12.0. The first-order valence-electron chi connectivity index (χ1n) is 24.8. The Balaban J connectivity index is 0.000000331. The van der Waals surface area contributed by atoms with Crippen LogP contribution in [0, 0.1) is 0 Å². The normalized spacial score (nSPS) is 12.6. The number of hydrogen-bond acceptors (Lipinski definition) is 21. The van der Waals surface area contributed by atoms with Crippen molar-refractivity contribution in [2.24, 2.45) is 0 Å². The van der Waals surface area contributed by atoms with Gasteiger partial charge in [0.05, 0.1) is 48.3 Å². The zero-order valence-electron chi connectivity index (χ0n) is 47.2. The lowest BCUT2D eigenvalue weighted by Crippen LogP contribution is -2.39. The Labute approximate surface area is 481 Å². The Bertz CT molecular complexity index is 3170. The molecule has 0 saturated heterocycles. The van der Waals surface area contributed by atoms with Gasteiger partial charge in [-0.15, -0.1) is 0 Å². The zero-order valence-corrected chi connectivity index (χ0v) is 48.0. The quantitative estimate of drug-likeness (QED) is 0.0129. The molecule has 0 aliphatic carbocycles. The van der Waals surface area contributed by atoms with Crippen molar-refractivity contribution in [1.29, 1.82) is 0 Å². The van der Waals surface area contributed by atoms with Crippen molar-refractivity contribution in [3.05, 3.63) is 122 Å². The van der Waals surface area contributed by atoms with Crippen LogP contribution in [0.3, 0.4) is 0 Å². The molecule has 29 heteroatoms. The summed E-state index contributed by atoms with van der Waals surface area (Å²) < 4.78 is 92.0. The maximum Gasteiger partial charge on any atom is 0.421 e. The molecule has 0 aliphatic heterocycles. The van der Waals surface area contributed by atoms with Gasteiger partial charge >= 0.3 is 12.4 Å². The topological polar surface area (TPSA) is 270 Å². The number of nitrogen functional groups attached to an aromatic ring is 1. The fraction of sp³-hybridized carbons (Fsp3) is 0.333. The van der Waals surface area contributed by atoms with Gasteiger partial charge < -0.3 is 71.6 Å². The van der Waals surface area contributed by atoms with E-state index in [0.29, 0.717) is 60.3 Å². The summed E-state index contributed by atoms with van der Waals surface area (Å²) in [5.74, 6) is 0.516. The van der Waals surface area contributed by atoms with E-state index >= 15 is 0 Å². The Kier molecular flexibility index (Phi) is 23.7. The third-order valence-corrected chi connectivity index (χ3v) is 12.1. The minimum Gasteiger partial charge on any atom is -0.494 e. The summed E-state index contributed by atoms with van der Waals surface area (Å²) in [5.41, 5.74) is 2.60. The molecule has 1 amide bonds. The lowest BCUT2D eigenvalue weighted by molar-refractivity contribution is -0.258. The number of nitrogens with zero attached hydrogens (tertiary/aromatic N) is 10. The highest BCUT2D eigenvalue weighted by Gasteiger charge is 2.53. The van der Waals surface area contributed by atoms with Crippen LogP contribution in [0.2, 0.25) is 0 Å². The molecule has 9 N–H and O–H groups in total. The van der Waals surface area contributed by atoms with Gasteiger partial charge in [0.15, 0.2) is 11.2 Å². The SMILES string of the molecule is C=CC(=O)Cl.C=CC(=O)Nc1cc(Nc2ncnc(Nc3ccccc3C(C)(O)C(F)(F)F)n2)c(OC)cc1N(C)CCN(C)C.COc1cc(N(C)CCN(C)C)c(N)cc1Nc1ncnc(Nc2ccccc2C(C)(O)C(F)(F)F)n1. The van der Waals surface area contributed by atoms with Crippen molar-refractivity contribution in [3.63, 3.8) is 0 Å². The van der Waals surface area contributed by atoms with Gasteiger partial charge in [0.2, 0.25) is 34.9 Å². The van der Waals surface area contributed by atoms with Crippen LogP contribution in [-0.4, -0.2) is 156 Å². The number of carbonyl (C=O) groups is 2. The van der Waals surface area contributed by atoms with E-state index in [0.717, 1.165) is 43.5 Å². The number of nitrogens with one attached hydrogen (secondary N) is 5. The molecule has 6 rings (SSSR count). The summed E-state index contributed by atoms with van der Waals surface area (Å²) >= 11 is 4.71. The van der Waals surface area contributed by atoms with Crippen molar-refractivity contribution >= 4 is 92.0 Å². The highest BCUT2D eigenvalue weighted by Crippen LogP contribution is 2.44. The van der Waals surface area contributed by atoms with Gasteiger partial charge in [-0.1, -0.05) is 49.6 Å². The summed E-state index contributed by atoms with van der Waals surface area (Å²) in [4.78, 5) is 54.4. The Morgan fingerprint density at radius 2 is 0.952 bits per heavy atom. The number of nitrogens with two attached hydrogens (primary N) is 1. The van der Waals surface area contributed by atoms with E-state index in [1.165, 1.54) is 69.3 Å². The summed E-state index contributed by atoms with van der Waals surface area (Å²) in [6.45, 7) is 10.9. The van der Waals surface area contributed by atoms with Crippen LogP contribution in [0.25, 0.3) is 0 Å². The molecule has 6 aromatic rings. The second-order valence-electron chi connectivity index (χ2n) is 18.8. The number of hydrogen-bond donors (Lipinski definition) is 8. The fourth-order valence-corrected chi connectivity index (χ4v) is 7.21. The minimum absolute atomic E-state index is 0.00563. The summed E-state index contributed by atoms with van der Waals surface area (Å²) in [6, 6.07) is 17.8. The van der Waals surface area contributed by atoms with Crippen LogP contribution in [0.5, 0.6) is 11.5 Å². The van der Waals surface area contributed by atoms with Crippen LogP contribution < -0.4 is 51.6 Å². The van der Waals surface area contributed by atoms with Gasteiger partial charge in [0.1, 0.15) is 24.2 Å². The van der Waals surface area contributed by atoms with Crippen LogP contribution in [0.15, 0.2) is 111 Å². The molecule has 0 saturated carbocycles. The van der Waals surface area contributed by atoms with Gasteiger partial charge in [-0.05, 0) is 90.1 Å². The monoisotopic (exact) mass is 1180 g/mol. The molecule has 83 heavy (non-hydrogen) atoms. The lowest BCUT2D eigenvalue weighted by atomic mass is 9.93. The fourth-order valence-electron chi connectivity index (χ4n) is 7.21. The van der Waals surface area contributed by atoms with E-state index in [2.05, 4.69) is 74.5 Å². The number of allylic oxidation sites excluding steroid dienone is 1. The number of aromatic nitrogens is 6. The van der Waals surface area contributed by atoms with Crippen molar-refractivity contribution in [2.75, 3.05) is 125 Å². The molecule has 0 spiro atoms. The Morgan fingerprint density at radius 1 is 0.590 bits per heavy atom. The molecule has 2 aromatic heterocycles. The Morgan fingerprint density at radius 3 is 1.31 bits per heavy atom. The first-order valence-corrected chi connectivity index (χ1v) is 25.1. The van der Waals surface area contributed by atoms with E-state index in [1.54, 1.807) is 24.3 Å². The van der Waals surface area contributed by atoms with Gasteiger partial charge in [0, 0.05) is 74.9 Å². The highest BCUT2D eigenvalue weighted by atomic mass is 35.5. The number of likely N-dealkylation sites (N-methyl/N-ethyl adjacent to an activating group) is 4. The number of alkyl halides is 6. The van der Waals surface area contributed by atoms with Crippen LogP contribution >= 0.6 is 11.6 Å². The van der Waals surface area contributed by atoms with Gasteiger partial charge in [-0.3, -0.25) is 9.59 Å². The van der Waals surface area contributed by atoms with Crippen molar-refractivity contribution in [1.82, 2.24) is 39.7 Å². The van der Waals surface area contributed by atoms with E-state index in [1.807, 2.05) is 57.0 Å². The smallest absolute Gasteiger partial charge is 0.421 e. The van der Waals surface area contributed by atoms with Crippen molar-refractivity contribution in [2.45, 2.75) is 37.4 Å². The number of carbonyl (C=O) groups excluding carboxylic acids is 2. The number of amides is 1. The van der Waals surface area contributed by atoms with Crippen LogP contribution in [0.1, 0.15) is 25.0 Å². The number of anilines is 12. The second kappa shape index (κ2) is 29.4. The van der Waals surface area contributed by atoms with Crippen molar-refractivity contribution < 1.29 is 55.6 Å². The molecule has 4 aromatic carbocycles. The molecule has 448 valence electrons. The Hall–Kier alpha value is -8.57. The van der Waals surface area contributed by atoms with Crippen molar-refractivity contribution in [3.8, 4) is 11.5 Å². The van der Waals surface area contributed by atoms with E-state index in [-0.39, 0.29) is 40.7 Å². The number of halogens is 7. The number of methoxy groups -OCH3 is 2. The number of rotatable bonds is 23. The molecule has 0 radical (unpaired) electrons. The average molecular weight is 1190 g/mol. The van der Waals surface area contributed by atoms with E-state index in [4.69, 9.17) is 26.8 Å². The summed E-state index contributed by atoms with van der Waals surface area (Å²) in [6.07, 6.45) is -5.25. The van der Waals surface area contributed by atoms with Gasteiger partial charge in [-0.2, -0.15) is 36.3 Å². The first-order chi connectivity index (χ1) is 38.9. The number of ether oxygens (including phenoxy) is 2. The molecule has 0 fully saturated rings. The predicted molar refractivity (Wildman–Crippen MR) is 311 cm³/mol. The molecule has 2 unspecified atom stereocenters. The summed E-state index contributed by atoms with van der Waals surface area (Å²) in [7, 11) is 14.7. The zero-order chi connectivity index (χ0) is 62.0. The number of aliphatic hydroxyl groups is 2. The molecule has 22 nitrogen and oxygen atoms in total. The maximum absolute atomic E-state index is 13.5.